The Hall–Kier alpha value is -1.43. The Labute approximate surface area is 105 Å². The molecule has 0 fully saturated rings. The molecule has 5 nitrogen and oxygen atoms in total. The van der Waals surface area contributed by atoms with E-state index < -0.39 is 5.97 Å². The zero-order chi connectivity index (χ0) is 13.2. The number of aliphatic imine (C=N–C) groups is 1. The lowest BCUT2D eigenvalue weighted by Gasteiger charge is -2.19. The van der Waals surface area contributed by atoms with Crippen LogP contribution in [0.1, 0.15) is 13.3 Å². The van der Waals surface area contributed by atoms with Crippen LogP contribution < -0.4 is 5.73 Å². The molecule has 0 bridgehead atoms. The van der Waals surface area contributed by atoms with Gasteiger partial charge in [-0.3, -0.25) is 4.99 Å². The molecule has 0 aromatic rings. The van der Waals surface area contributed by atoms with Crippen LogP contribution in [0.3, 0.4) is 0 Å². The van der Waals surface area contributed by atoms with E-state index in [9.17, 15) is 4.79 Å². The van der Waals surface area contributed by atoms with E-state index in [0.717, 1.165) is 29.5 Å². The number of nitrogens with two attached hydrogens (primary N) is 1. The van der Waals surface area contributed by atoms with E-state index in [1.165, 1.54) is 0 Å². The van der Waals surface area contributed by atoms with Crippen molar-refractivity contribution in [2.75, 3.05) is 21.1 Å². The average molecular weight is 255 g/mol. The molecule has 3 N–H and O–H groups in total. The first-order valence-electron chi connectivity index (χ1n) is 5.22. The van der Waals surface area contributed by atoms with Crippen molar-refractivity contribution in [1.29, 1.82) is 0 Å². The molecule has 0 saturated heterocycles. The number of carboxylic acids is 1. The van der Waals surface area contributed by atoms with E-state index >= 15 is 0 Å². The molecule has 1 heterocycles. The molecule has 0 aromatic heterocycles. The highest BCUT2D eigenvalue weighted by molar-refractivity contribution is 8.19. The number of aliphatic carboxylic acids is 1. The number of nitrogens with zero attached hydrogens (tertiary/aromatic N) is 2. The molecule has 1 aliphatic rings. The van der Waals surface area contributed by atoms with Crippen molar-refractivity contribution in [3.8, 4) is 0 Å². The molecule has 0 amide bonds. The second-order valence-corrected chi connectivity index (χ2v) is 4.75. The van der Waals surface area contributed by atoms with Gasteiger partial charge in [0.2, 0.25) is 0 Å². The van der Waals surface area contributed by atoms with Crippen LogP contribution in [-0.4, -0.2) is 42.2 Å². The summed E-state index contributed by atoms with van der Waals surface area (Å²) in [4.78, 5) is 17.3. The number of carboxylic acid groups (broad SMARTS) is 1. The minimum atomic E-state index is -1.00. The highest BCUT2D eigenvalue weighted by Gasteiger charge is 2.31. The van der Waals surface area contributed by atoms with Crippen molar-refractivity contribution in [1.82, 2.24) is 4.90 Å². The zero-order valence-electron chi connectivity index (χ0n) is 10.4. The maximum Gasteiger partial charge on any atom is 0.344 e. The lowest BCUT2D eigenvalue weighted by molar-refractivity contribution is -0.131. The minimum Gasteiger partial charge on any atom is -0.477 e. The van der Waals surface area contributed by atoms with Gasteiger partial charge in [0.25, 0.3) is 0 Å². The number of rotatable bonds is 3. The maximum atomic E-state index is 11.0. The van der Waals surface area contributed by atoms with E-state index in [-0.39, 0.29) is 4.91 Å². The van der Waals surface area contributed by atoms with Crippen LogP contribution in [0.15, 0.2) is 26.9 Å². The first-order chi connectivity index (χ1) is 7.93. The summed E-state index contributed by atoms with van der Waals surface area (Å²) in [6.45, 7) is 2.01. The lowest BCUT2D eigenvalue weighted by Crippen LogP contribution is -2.18. The molecule has 0 saturated carbocycles. The van der Waals surface area contributed by atoms with Gasteiger partial charge < -0.3 is 15.7 Å². The fourth-order valence-corrected chi connectivity index (χ4v) is 2.66. The summed E-state index contributed by atoms with van der Waals surface area (Å²) in [6, 6.07) is 0. The third-order valence-corrected chi connectivity index (χ3v) is 3.67. The van der Waals surface area contributed by atoms with Crippen LogP contribution in [-0.2, 0) is 4.79 Å². The maximum absolute atomic E-state index is 11.0. The SMILES string of the molecule is CC/C(=C1/C(N)=C(C(=O)O)S/C1=N/C)N(C)C. The number of thioether (sulfide) groups is 1. The summed E-state index contributed by atoms with van der Waals surface area (Å²) >= 11 is 1.12. The van der Waals surface area contributed by atoms with Crippen molar-refractivity contribution < 1.29 is 9.90 Å². The number of hydrogen-bond acceptors (Lipinski definition) is 5. The van der Waals surface area contributed by atoms with Gasteiger partial charge >= 0.3 is 5.97 Å². The van der Waals surface area contributed by atoms with Crippen LogP contribution in [0.25, 0.3) is 0 Å². The predicted octanol–water partition coefficient (Wildman–Crippen LogP) is 1.24. The molecule has 17 heavy (non-hydrogen) atoms. The Kier molecular flexibility index (Phi) is 4.22. The Morgan fingerprint density at radius 2 is 2.12 bits per heavy atom. The molecule has 1 aliphatic heterocycles. The van der Waals surface area contributed by atoms with Gasteiger partial charge in [-0.15, -0.1) is 0 Å². The summed E-state index contributed by atoms with van der Waals surface area (Å²) in [5.41, 5.74) is 7.98. The van der Waals surface area contributed by atoms with Crippen LogP contribution >= 0.6 is 11.8 Å². The molecule has 1 rings (SSSR count). The molecule has 0 aliphatic carbocycles. The van der Waals surface area contributed by atoms with Crippen molar-refractivity contribution in [2.24, 2.45) is 10.7 Å². The van der Waals surface area contributed by atoms with E-state index in [0.29, 0.717) is 10.7 Å². The van der Waals surface area contributed by atoms with Gasteiger partial charge in [0, 0.05) is 26.8 Å². The first kappa shape index (κ1) is 13.6. The molecule has 0 atom stereocenters. The third-order valence-electron chi connectivity index (χ3n) is 2.49. The highest BCUT2D eigenvalue weighted by Crippen LogP contribution is 2.38. The van der Waals surface area contributed by atoms with E-state index in [4.69, 9.17) is 10.8 Å². The molecule has 0 radical (unpaired) electrons. The van der Waals surface area contributed by atoms with Crippen molar-refractivity contribution in [3.63, 3.8) is 0 Å². The minimum absolute atomic E-state index is 0.161. The molecule has 0 aromatic carbocycles. The van der Waals surface area contributed by atoms with Gasteiger partial charge in [-0.25, -0.2) is 4.79 Å². The monoisotopic (exact) mass is 255 g/mol. The Balaban J connectivity index is 3.43. The quantitative estimate of drug-likeness (QED) is 0.793. The van der Waals surface area contributed by atoms with Crippen molar-refractivity contribution in [3.05, 3.63) is 21.9 Å². The van der Waals surface area contributed by atoms with Gasteiger partial charge in [0.05, 0.1) is 11.3 Å². The van der Waals surface area contributed by atoms with Gasteiger partial charge in [-0.05, 0) is 6.42 Å². The fourth-order valence-electron chi connectivity index (χ4n) is 1.74. The Morgan fingerprint density at radius 1 is 1.53 bits per heavy atom. The zero-order valence-corrected chi connectivity index (χ0v) is 11.3. The van der Waals surface area contributed by atoms with Crippen LogP contribution in [0.4, 0.5) is 0 Å². The topological polar surface area (TPSA) is 78.9 Å². The summed E-state index contributed by atoms with van der Waals surface area (Å²) in [6.07, 6.45) is 0.773. The molecule has 0 unspecified atom stereocenters. The third kappa shape index (κ3) is 2.46. The molecule has 94 valence electrons. The molecule has 0 spiro atoms. The second kappa shape index (κ2) is 5.27. The smallest absolute Gasteiger partial charge is 0.344 e. The summed E-state index contributed by atoms with van der Waals surface area (Å²) in [5.74, 6) is -1.00. The first-order valence-corrected chi connectivity index (χ1v) is 6.04. The Morgan fingerprint density at radius 3 is 2.47 bits per heavy atom. The second-order valence-electron chi connectivity index (χ2n) is 3.75. The lowest BCUT2D eigenvalue weighted by atomic mass is 10.1. The standard InChI is InChI=1S/C11H17N3O2S/c1-5-6(14(3)4)7-8(12)9(11(15)16)17-10(7)13-2/h5,12H2,1-4H3,(H,15,16)/b7-6+,13-10+. The molecular formula is C11H17N3O2S. The normalized spacial score (nSPS) is 21.1. The average Bonchev–Trinajstić information content (AvgIpc) is 2.57. The fraction of sp³-hybridized carbons (Fsp3) is 0.455. The van der Waals surface area contributed by atoms with Gasteiger partial charge in [0.1, 0.15) is 9.95 Å². The summed E-state index contributed by atoms with van der Waals surface area (Å²) in [7, 11) is 5.47. The van der Waals surface area contributed by atoms with Crippen LogP contribution in [0, 0.1) is 0 Å². The van der Waals surface area contributed by atoms with Crippen molar-refractivity contribution in [2.45, 2.75) is 13.3 Å². The van der Waals surface area contributed by atoms with Crippen LogP contribution in [0.2, 0.25) is 0 Å². The van der Waals surface area contributed by atoms with Crippen LogP contribution in [0.5, 0.6) is 0 Å². The number of carbonyl (C=O) groups is 1. The van der Waals surface area contributed by atoms with Crippen molar-refractivity contribution >= 4 is 22.8 Å². The summed E-state index contributed by atoms with van der Waals surface area (Å²) in [5, 5.41) is 9.73. The highest BCUT2D eigenvalue weighted by atomic mass is 32.2. The van der Waals surface area contributed by atoms with E-state index in [2.05, 4.69) is 4.99 Å². The number of allylic oxidation sites excluding steroid dienone is 2. The largest absolute Gasteiger partial charge is 0.477 e. The van der Waals surface area contributed by atoms with Gasteiger partial charge in [-0.2, -0.15) is 0 Å². The number of hydrogen-bond donors (Lipinski definition) is 2. The van der Waals surface area contributed by atoms with Gasteiger partial charge in [-0.1, -0.05) is 18.7 Å². The predicted molar refractivity (Wildman–Crippen MR) is 70.8 cm³/mol. The van der Waals surface area contributed by atoms with E-state index in [1.807, 2.05) is 25.9 Å². The molecule has 6 heteroatoms. The summed E-state index contributed by atoms with van der Waals surface area (Å²) < 4.78 is 0. The van der Waals surface area contributed by atoms with Gasteiger partial charge in [0.15, 0.2) is 0 Å². The Bertz CT molecular complexity index is 436. The van der Waals surface area contributed by atoms with E-state index in [1.54, 1.807) is 7.05 Å². The molecular weight excluding hydrogens is 238 g/mol.